The lowest BCUT2D eigenvalue weighted by molar-refractivity contribution is -0.117. The van der Waals surface area contributed by atoms with Crippen LogP contribution in [0.4, 0.5) is 5.69 Å². The summed E-state index contributed by atoms with van der Waals surface area (Å²) in [5.74, 6) is 0.322. The lowest BCUT2D eigenvalue weighted by Gasteiger charge is -2.34. The molecule has 2 rings (SSSR count). The number of amides is 1. The van der Waals surface area contributed by atoms with Crippen LogP contribution in [0.15, 0.2) is 18.2 Å². The van der Waals surface area contributed by atoms with Crippen molar-refractivity contribution >= 4 is 47.2 Å². The number of hydrogen-bond donors (Lipinski definition) is 2. The van der Waals surface area contributed by atoms with Crippen LogP contribution in [0, 0.1) is 5.92 Å². The van der Waals surface area contributed by atoms with Crippen LogP contribution in [0.5, 0.6) is 0 Å². The van der Waals surface area contributed by atoms with Crippen molar-refractivity contribution in [3.05, 3.63) is 28.2 Å². The number of halogens is 3. The van der Waals surface area contributed by atoms with Crippen molar-refractivity contribution in [2.75, 3.05) is 25.0 Å². The van der Waals surface area contributed by atoms with Crippen molar-refractivity contribution in [2.45, 2.75) is 19.4 Å². The molecule has 1 aliphatic rings. The predicted octanol–water partition coefficient (Wildman–Crippen LogP) is 3.02. The molecule has 118 valence electrons. The number of nitrogens with zero attached hydrogens (tertiary/aromatic N) is 1. The molecule has 7 heteroatoms. The third kappa shape index (κ3) is 5.01. The van der Waals surface area contributed by atoms with Crippen LogP contribution in [0.2, 0.25) is 10.0 Å². The molecule has 2 unspecified atom stereocenters. The molecule has 21 heavy (non-hydrogen) atoms. The lowest BCUT2D eigenvalue weighted by atomic mass is 9.95. The fourth-order valence-corrected chi connectivity index (χ4v) is 2.73. The Morgan fingerprint density at radius 1 is 1.48 bits per heavy atom. The van der Waals surface area contributed by atoms with E-state index >= 15 is 0 Å². The van der Waals surface area contributed by atoms with Gasteiger partial charge in [-0.1, -0.05) is 36.2 Å². The molecule has 1 fully saturated rings. The summed E-state index contributed by atoms with van der Waals surface area (Å²) in [6.45, 7) is 4.16. The van der Waals surface area contributed by atoms with E-state index in [1.165, 1.54) is 0 Å². The monoisotopic (exact) mass is 351 g/mol. The molecule has 0 spiro atoms. The first-order chi connectivity index (χ1) is 9.47. The Hall–Kier alpha value is -0.520. The minimum absolute atomic E-state index is 0. The largest absolute Gasteiger partial charge is 0.327 e. The molecule has 1 amide bonds. The quantitative estimate of drug-likeness (QED) is 0.879. The van der Waals surface area contributed by atoms with Crippen LogP contribution >= 0.6 is 35.6 Å². The van der Waals surface area contributed by atoms with Gasteiger partial charge in [-0.15, -0.1) is 12.4 Å². The molecule has 0 saturated carbocycles. The maximum Gasteiger partial charge on any atom is 0.238 e. The van der Waals surface area contributed by atoms with Crippen LogP contribution in [0.1, 0.15) is 13.3 Å². The van der Waals surface area contributed by atoms with Gasteiger partial charge in [-0.05, 0) is 24.5 Å². The average molecular weight is 353 g/mol. The number of anilines is 1. The topological polar surface area (TPSA) is 58.4 Å². The SMILES string of the molecule is CC1CN(CC(=O)Nc2cccc(Cl)c2Cl)CCC1N.Cl. The lowest BCUT2D eigenvalue weighted by Crippen LogP contribution is -2.48. The number of carbonyl (C=O) groups excluding carboxylic acids is 1. The summed E-state index contributed by atoms with van der Waals surface area (Å²) in [6.07, 6.45) is 0.923. The number of benzene rings is 1. The van der Waals surface area contributed by atoms with Gasteiger partial charge in [0.05, 0.1) is 22.3 Å². The summed E-state index contributed by atoms with van der Waals surface area (Å²) >= 11 is 12.0. The van der Waals surface area contributed by atoms with Crippen molar-refractivity contribution in [1.29, 1.82) is 0 Å². The zero-order valence-corrected chi connectivity index (χ0v) is 14.1. The first-order valence-electron chi connectivity index (χ1n) is 6.69. The van der Waals surface area contributed by atoms with E-state index in [1.54, 1.807) is 18.2 Å². The molecular weight excluding hydrogens is 333 g/mol. The van der Waals surface area contributed by atoms with Crippen molar-refractivity contribution in [2.24, 2.45) is 11.7 Å². The van der Waals surface area contributed by atoms with Gasteiger partial charge in [0.15, 0.2) is 0 Å². The second-order valence-corrected chi connectivity index (χ2v) is 6.10. The highest BCUT2D eigenvalue weighted by atomic mass is 35.5. The normalized spacial score (nSPS) is 22.5. The van der Waals surface area contributed by atoms with Crippen molar-refractivity contribution in [1.82, 2.24) is 4.90 Å². The summed E-state index contributed by atoms with van der Waals surface area (Å²) < 4.78 is 0. The Morgan fingerprint density at radius 2 is 2.19 bits per heavy atom. The van der Waals surface area contributed by atoms with E-state index in [-0.39, 0.29) is 24.4 Å². The average Bonchev–Trinajstić information content (AvgIpc) is 2.39. The molecule has 4 nitrogen and oxygen atoms in total. The van der Waals surface area contributed by atoms with Crippen LogP contribution < -0.4 is 11.1 Å². The van der Waals surface area contributed by atoms with Gasteiger partial charge >= 0.3 is 0 Å². The summed E-state index contributed by atoms with van der Waals surface area (Å²) in [4.78, 5) is 14.2. The van der Waals surface area contributed by atoms with Crippen molar-refractivity contribution in [3.8, 4) is 0 Å². The van der Waals surface area contributed by atoms with Crippen LogP contribution in [0.25, 0.3) is 0 Å². The highest BCUT2D eigenvalue weighted by Gasteiger charge is 2.24. The Kier molecular flexibility index (Phi) is 7.24. The number of hydrogen-bond acceptors (Lipinski definition) is 3. The van der Waals surface area contributed by atoms with Gasteiger partial charge in [-0.25, -0.2) is 0 Å². The molecule has 1 heterocycles. The molecule has 1 aromatic carbocycles. The number of nitrogens with one attached hydrogen (secondary N) is 1. The molecule has 0 aromatic heterocycles. The number of rotatable bonds is 3. The second-order valence-electron chi connectivity index (χ2n) is 5.31. The predicted molar refractivity (Wildman–Crippen MR) is 90.5 cm³/mol. The van der Waals surface area contributed by atoms with Gasteiger partial charge in [0.2, 0.25) is 5.91 Å². The van der Waals surface area contributed by atoms with Gasteiger partial charge in [0, 0.05) is 19.1 Å². The minimum atomic E-state index is -0.0863. The Bertz CT molecular complexity index is 498. The Morgan fingerprint density at radius 3 is 2.86 bits per heavy atom. The van der Waals surface area contributed by atoms with E-state index in [9.17, 15) is 4.79 Å². The number of piperidine rings is 1. The maximum atomic E-state index is 12.0. The third-order valence-electron chi connectivity index (χ3n) is 3.65. The first-order valence-corrected chi connectivity index (χ1v) is 7.44. The van der Waals surface area contributed by atoms with E-state index in [0.717, 1.165) is 19.5 Å². The van der Waals surface area contributed by atoms with Gasteiger partial charge < -0.3 is 11.1 Å². The highest BCUT2D eigenvalue weighted by molar-refractivity contribution is 6.43. The standard InChI is InChI=1S/C14H19Cl2N3O.ClH/c1-9-7-19(6-5-11(9)17)8-13(20)18-12-4-2-3-10(15)14(12)16;/h2-4,9,11H,5-8,17H2,1H3,(H,18,20);1H. The van der Waals surface area contributed by atoms with Crippen molar-refractivity contribution < 1.29 is 4.79 Å². The molecule has 0 aliphatic carbocycles. The molecule has 2 atom stereocenters. The van der Waals surface area contributed by atoms with E-state index in [1.807, 2.05) is 0 Å². The van der Waals surface area contributed by atoms with E-state index < -0.39 is 0 Å². The van der Waals surface area contributed by atoms with E-state index in [0.29, 0.717) is 28.2 Å². The third-order valence-corrected chi connectivity index (χ3v) is 4.47. The first kappa shape index (κ1) is 18.5. The second kappa shape index (κ2) is 8.20. The molecule has 3 N–H and O–H groups in total. The van der Waals surface area contributed by atoms with Gasteiger partial charge in [-0.2, -0.15) is 0 Å². The Balaban J connectivity index is 0.00000220. The van der Waals surface area contributed by atoms with Crippen LogP contribution in [-0.2, 0) is 4.79 Å². The molecule has 1 saturated heterocycles. The highest BCUT2D eigenvalue weighted by Crippen LogP contribution is 2.29. The van der Waals surface area contributed by atoms with Crippen molar-refractivity contribution in [3.63, 3.8) is 0 Å². The molecule has 0 bridgehead atoms. The zero-order valence-electron chi connectivity index (χ0n) is 11.8. The summed E-state index contributed by atoms with van der Waals surface area (Å²) in [5.41, 5.74) is 6.52. The molecule has 1 aromatic rings. The Labute approximate surface area is 141 Å². The van der Waals surface area contributed by atoms with Crippen LogP contribution in [0.3, 0.4) is 0 Å². The van der Waals surface area contributed by atoms with E-state index in [4.69, 9.17) is 28.9 Å². The number of carbonyl (C=O) groups is 1. The molecule has 0 radical (unpaired) electrons. The summed E-state index contributed by atoms with van der Waals surface area (Å²) in [5, 5.41) is 3.60. The zero-order chi connectivity index (χ0) is 14.7. The fraction of sp³-hybridized carbons (Fsp3) is 0.500. The fourth-order valence-electron chi connectivity index (χ4n) is 2.39. The van der Waals surface area contributed by atoms with Crippen LogP contribution in [-0.4, -0.2) is 36.5 Å². The summed E-state index contributed by atoms with van der Waals surface area (Å²) in [6, 6.07) is 5.41. The van der Waals surface area contributed by atoms with E-state index in [2.05, 4.69) is 17.1 Å². The number of likely N-dealkylation sites (tertiary alicyclic amines) is 1. The summed E-state index contributed by atoms with van der Waals surface area (Å²) in [7, 11) is 0. The van der Waals surface area contributed by atoms with Gasteiger partial charge in [0.1, 0.15) is 0 Å². The number of nitrogens with two attached hydrogens (primary N) is 1. The van der Waals surface area contributed by atoms with Gasteiger partial charge in [0.25, 0.3) is 0 Å². The van der Waals surface area contributed by atoms with Gasteiger partial charge in [-0.3, -0.25) is 9.69 Å². The smallest absolute Gasteiger partial charge is 0.238 e. The maximum absolute atomic E-state index is 12.0. The molecule has 1 aliphatic heterocycles. The molecular formula is C14H20Cl3N3O. The minimum Gasteiger partial charge on any atom is -0.327 e.